The van der Waals surface area contributed by atoms with Crippen LogP contribution in [-0.4, -0.2) is 42.1 Å². The molecule has 0 bridgehead atoms. The molecule has 1 N–H and O–H groups in total. The van der Waals surface area contributed by atoms with Crippen LogP contribution < -0.4 is 15.1 Å². The van der Waals surface area contributed by atoms with Gasteiger partial charge in [0.2, 0.25) is 5.95 Å². The first-order valence-electron chi connectivity index (χ1n) is 9.46. The van der Waals surface area contributed by atoms with Crippen molar-refractivity contribution in [2.24, 2.45) is 0 Å². The second-order valence-electron chi connectivity index (χ2n) is 6.82. The summed E-state index contributed by atoms with van der Waals surface area (Å²) in [6, 6.07) is 19.8. The van der Waals surface area contributed by atoms with E-state index in [-0.39, 0.29) is 5.91 Å². The van der Waals surface area contributed by atoms with E-state index in [0.29, 0.717) is 11.6 Å². The van der Waals surface area contributed by atoms with E-state index in [4.69, 9.17) is 0 Å². The van der Waals surface area contributed by atoms with Crippen LogP contribution in [0.5, 0.6) is 0 Å². The lowest BCUT2D eigenvalue weighted by molar-refractivity contribution is 0.102. The fourth-order valence-corrected chi connectivity index (χ4v) is 3.33. The Morgan fingerprint density at radius 1 is 0.893 bits per heavy atom. The molecule has 1 aliphatic rings. The molecule has 28 heavy (non-hydrogen) atoms. The van der Waals surface area contributed by atoms with E-state index < -0.39 is 0 Å². The Morgan fingerprint density at radius 2 is 1.57 bits per heavy atom. The van der Waals surface area contributed by atoms with Crippen molar-refractivity contribution in [1.29, 1.82) is 0 Å². The minimum absolute atomic E-state index is 0.221. The standard InChI is InChI=1S/C22H23N5O/c1-17-7-5-6-10-19(17)24-21(28)20-11-12-23-22(25-20)27-15-13-26(14-16-27)18-8-3-2-4-9-18/h2-12H,13-16H2,1H3,(H,24,28). The number of aromatic nitrogens is 2. The molecular formula is C22H23N5O. The van der Waals surface area contributed by atoms with E-state index in [1.54, 1.807) is 12.3 Å². The number of anilines is 3. The summed E-state index contributed by atoms with van der Waals surface area (Å²) in [4.78, 5) is 26.0. The lowest BCUT2D eigenvalue weighted by Gasteiger charge is -2.36. The third kappa shape index (κ3) is 3.96. The lowest BCUT2D eigenvalue weighted by Crippen LogP contribution is -2.47. The Labute approximate surface area is 164 Å². The second kappa shape index (κ2) is 8.08. The van der Waals surface area contributed by atoms with Crippen molar-refractivity contribution in [1.82, 2.24) is 9.97 Å². The summed E-state index contributed by atoms with van der Waals surface area (Å²) in [5, 5.41) is 2.93. The van der Waals surface area contributed by atoms with Crippen LogP contribution in [-0.2, 0) is 0 Å². The molecule has 142 valence electrons. The minimum atomic E-state index is -0.221. The molecule has 3 aromatic rings. The topological polar surface area (TPSA) is 61.4 Å². The van der Waals surface area contributed by atoms with Crippen LogP contribution in [0.2, 0.25) is 0 Å². The monoisotopic (exact) mass is 373 g/mol. The zero-order valence-electron chi connectivity index (χ0n) is 15.9. The number of nitrogens with one attached hydrogen (secondary N) is 1. The molecule has 2 aromatic carbocycles. The highest BCUT2D eigenvalue weighted by atomic mass is 16.1. The fraction of sp³-hybridized carbons (Fsp3) is 0.227. The summed E-state index contributed by atoms with van der Waals surface area (Å²) in [6.45, 7) is 5.39. The van der Waals surface area contributed by atoms with Crippen LogP contribution in [0.1, 0.15) is 16.1 Å². The van der Waals surface area contributed by atoms with Crippen molar-refractivity contribution in [3.8, 4) is 0 Å². The van der Waals surface area contributed by atoms with E-state index in [0.717, 1.165) is 37.4 Å². The van der Waals surface area contributed by atoms with Crippen molar-refractivity contribution in [3.63, 3.8) is 0 Å². The average molecular weight is 373 g/mol. The van der Waals surface area contributed by atoms with E-state index in [1.165, 1.54) is 5.69 Å². The molecule has 1 amide bonds. The molecule has 1 aliphatic heterocycles. The molecule has 0 unspecified atom stereocenters. The van der Waals surface area contributed by atoms with Gasteiger partial charge in [0.15, 0.2) is 0 Å². The van der Waals surface area contributed by atoms with Gasteiger partial charge in [-0.05, 0) is 36.8 Å². The van der Waals surface area contributed by atoms with Gasteiger partial charge in [-0.1, -0.05) is 36.4 Å². The first-order chi connectivity index (χ1) is 13.7. The molecule has 4 rings (SSSR count). The third-order valence-electron chi connectivity index (χ3n) is 4.95. The smallest absolute Gasteiger partial charge is 0.274 e. The van der Waals surface area contributed by atoms with E-state index in [2.05, 4.69) is 49.4 Å². The highest BCUT2D eigenvalue weighted by Gasteiger charge is 2.20. The van der Waals surface area contributed by atoms with Crippen molar-refractivity contribution in [3.05, 3.63) is 78.1 Å². The first kappa shape index (κ1) is 18.0. The third-order valence-corrected chi connectivity index (χ3v) is 4.95. The minimum Gasteiger partial charge on any atom is -0.368 e. The molecule has 1 aromatic heterocycles. The number of nitrogens with zero attached hydrogens (tertiary/aromatic N) is 4. The summed E-state index contributed by atoms with van der Waals surface area (Å²) < 4.78 is 0. The van der Waals surface area contributed by atoms with Gasteiger partial charge in [0.1, 0.15) is 5.69 Å². The maximum atomic E-state index is 12.6. The highest BCUT2D eigenvalue weighted by molar-refractivity contribution is 6.03. The summed E-state index contributed by atoms with van der Waals surface area (Å²) in [5.74, 6) is 0.381. The number of hydrogen-bond donors (Lipinski definition) is 1. The van der Waals surface area contributed by atoms with Crippen LogP contribution in [0.25, 0.3) is 0 Å². The molecule has 0 radical (unpaired) electrons. The van der Waals surface area contributed by atoms with Crippen LogP contribution in [0.15, 0.2) is 66.9 Å². The van der Waals surface area contributed by atoms with Gasteiger partial charge < -0.3 is 15.1 Å². The number of rotatable bonds is 4. The molecule has 2 heterocycles. The lowest BCUT2D eigenvalue weighted by atomic mass is 10.2. The molecule has 6 heteroatoms. The number of piperazine rings is 1. The maximum absolute atomic E-state index is 12.6. The summed E-state index contributed by atoms with van der Waals surface area (Å²) in [6.07, 6.45) is 1.65. The van der Waals surface area contributed by atoms with Gasteiger partial charge in [-0.25, -0.2) is 9.97 Å². The molecule has 1 saturated heterocycles. The van der Waals surface area contributed by atoms with Crippen molar-refractivity contribution in [2.45, 2.75) is 6.92 Å². The summed E-state index contributed by atoms with van der Waals surface area (Å²) in [5.41, 5.74) is 3.42. The number of aryl methyl sites for hydroxylation is 1. The first-order valence-corrected chi connectivity index (χ1v) is 9.46. The van der Waals surface area contributed by atoms with Crippen LogP contribution in [0, 0.1) is 6.92 Å². The predicted molar refractivity (Wildman–Crippen MR) is 112 cm³/mol. The largest absolute Gasteiger partial charge is 0.368 e. The SMILES string of the molecule is Cc1ccccc1NC(=O)c1ccnc(N2CCN(c3ccccc3)CC2)n1. The summed E-state index contributed by atoms with van der Waals surface area (Å²) in [7, 11) is 0. The average Bonchev–Trinajstić information content (AvgIpc) is 2.76. The van der Waals surface area contributed by atoms with Crippen LogP contribution in [0.4, 0.5) is 17.3 Å². The predicted octanol–water partition coefficient (Wildman–Crippen LogP) is 3.36. The molecule has 0 spiro atoms. The molecule has 0 atom stereocenters. The number of carbonyl (C=O) groups excluding carboxylic acids is 1. The molecule has 0 aliphatic carbocycles. The quantitative estimate of drug-likeness (QED) is 0.760. The number of benzene rings is 2. The van der Waals surface area contributed by atoms with Gasteiger partial charge in [-0.2, -0.15) is 0 Å². The number of hydrogen-bond acceptors (Lipinski definition) is 5. The van der Waals surface area contributed by atoms with E-state index in [1.807, 2.05) is 37.3 Å². The number of para-hydroxylation sites is 2. The van der Waals surface area contributed by atoms with Gasteiger partial charge in [0, 0.05) is 43.8 Å². The molecule has 6 nitrogen and oxygen atoms in total. The van der Waals surface area contributed by atoms with Gasteiger partial charge >= 0.3 is 0 Å². The number of carbonyl (C=O) groups is 1. The molecular weight excluding hydrogens is 350 g/mol. The fourth-order valence-electron chi connectivity index (χ4n) is 3.33. The van der Waals surface area contributed by atoms with Crippen molar-refractivity contribution in [2.75, 3.05) is 41.3 Å². The van der Waals surface area contributed by atoms with Crippen LogP contribution in [0.3, 0.4) is 0 Å². The van der Waals surface area contributed by atoms with Gasteiger partial charge in [0.05, 0.1) is 0 Å². The van der Waals surface area contributed by atoms with Gasteiger partial charge in [0.25, 0.3) is 5.91 Å². The summed E-state index contributed by atoms with van der Waals surface area (Å²) >= 11 is 0. The van der Waals surface area contributed by atoms with Crippen molar-refractivity contribution >= 4 is 23.2 Å². The Hall–Kier alpha value is -3.41. The van der Waals surface area contributed by atoms with Crippen molar-refractivity contribution < 1.29 is 4.79 Å². The molecule has 0 saturated carbocycles. The zero-order chi connectivity index (χ0) is 19.3. The Kier molecular flexibility index (Phi) is 5.19. The van der Waals surface area contributed by atoms with Gasteiger partial charge in [-0.3, -0.25) is 4.79 Å². The molecule has 1 fully saturated rings. The van der Waals surface area contributed by atoms with Gasteiger partial charge in [-0.15, -0.1) is 0 Å². The van der Waals surface area contributed by atoms with E-state index >= 15 is 0 Å². The highest BCUT2D eigenvalue weighted by Crippen LogP contribution is 2.19. The zero-order valence-corrected chi connectivity index (χ0v) is 15.9. The number of amides is 1. The van der Waals surface area contributed by atoms with Crippen LogP contribution >= 0.6 is 0 Å². The normalized spacial score (nSPS) is 14.0. The van der Waals surface area contributed by atoms with E-state index in [9.17, 15) is 4.79 Å². The Balaban J connectivity index is 1.43. The Morgan fingerprint density at radius 3 is 2.32 bits per heavy atom. The Bertz CT molecular complexity index is 952. The maximum Gasteiger partial charge on any atom is 0.274 e. The second-order valence-corrected chi connectivity index (χ2v) is 6.82.